The average Bonchev–Trinajstić information content (AvgIpc) is 3.82. The minimum absolute atomic E-state index is 0.168. The number of nitrogens with two attached hydrogens (primary N) is 1. The number of rotatable bonds is 12. The van der Waals surface area contributed by atoms with Gasteiger partial charge in [-0.1, -0.05) is 41.7 Å². The molecule has 0 atom stereocenters. The molecule has 0 aliphatic carbocycles. The molecule has 0 saturated carbocycles. The fourth-order valence-corrected chi connectivity index (χ4v) is 7.82. The van der Waals surface area contributed by atoms with Crippen LogP contribution in [0.5, 0.6) is 0 Å². The number of nitrogens with one attached hydrogen (secondary N) is 3. The number of hydrazine groups is 1. The number of sulfone groups is 1. The lowest BCUT2D eigenvalue weighted by molar-refractivity contribution is -0.538. The first-order chi connectivity index (χ1) is 21.8. The predicted octanol–water partition coefficient (Wildman–Crippen LogP) is 6.87. The van der Waals surface area contributed by atoms with Crippen molar-refractivity contribution in [3.05, 3.63) is 95.6 Å². The molecule has 1 saturated heterocycles. The van der Waals surface area contributed by atoms with E-state index in [1.165, 1.54) is 17.8 Å². The van der Waals surface area contributed by atoms with Crippen molar-refractivity contribution in [3.63, 3.8) is 0 Å². The van der Waals surface area contributed by atoms with E-state index in [4.69, 9.17) is 0 Å². The maximum absolute atomic E-state index is 12.7. The summed E-state index contributed by atoms with van der Waals surface area (Å²) < 4.78 is 29.4. The molecule has 11 nitrogen and oxygen atoms in total. The second-order valence-corrected chi connectivity index (χ2v) is 14.4. The van der Waals surface area contributed by atoms with E-state index in [9.17, 15) is 8.42 Å². The molecule has 3 heterocycles. The van der Waals surface area contributed by atoms with Gasteiger partial charge in [0.1, 0.15) is 5.00 Å². The molecule has 0 unspecified atom stereocenters. The smallest absolute Gasteiger partial charge is 0.261 e. The highest BCUT2D eigenvalue weighted by molar-refractivity contribution is 7.90. The van der Waals surface area contributed by atoms with E-state index in [-0.39, 0.29) is 16.0 Å². The molecule has 45 heavy (non-hydrogen) atoms. The molecule has 1 aliphatic heterocycles. The number of azo groups is 1. The van der Waals surface area contributed by atoms with Gasteiger partial charge in [0.2, 0.25) is 15.0 Å². The Hall–Kier alpha value is -4.37. The van der Waals surface area contributed by atoms with E-state index in [0.29, 0.717) is 11.3 Å². The highest BCUT2D eigenvalue weighted by atomic mass is 32.2. The van der Waals surface area contributed by atoms with Gasteiger partial charge in [0, 0.05) is 36.3 Å². The van der Waals surface area contributed by atoms with Crippen molar-refractivity contribution in [1.82, 2.24) is 9.36 Å². The summed E-state index contributed by atoms with van der Waals surface area (Å²) in [5.74, 6) is -0.168. The third-order valence-corrected chi connectivity index (χ3v) is 10.5. The molecule has 3 aromatic carbocycles. The van der Waals surface area contributed by atoms with Crippen LogP contribution in [0.2, 0.25) is 0 Å². The van der Waals surface area contributed by atoms with Crippen LogP contribution in [0, 0.1) is 13.8 Å². The van der Waals surface area contributed by atoms with Gasteiger partial charge in [0.25, 0.3) is 5.16 Å². The fourth-order valence-electron chi connectivity index (χ4n) is 4.89. The lowest BCUT2D eigenvalue weighted by atomic mass is 10.2. The highest BCUT2D eigenvalue weighted by Gasteiger charge is 2.21. The zero-order chi connectivity index (χ0) is 31.2. The van der Waals surface area contributed by atoms with Crippen LogP contribution in [0.25, 0.3) is 0 Å². The van der Waals surface area contributed by atoms with E-state index in [2.05, 4.69) is 72.0 Å². The Bertz CT molecular complexity index is 1900. The zero-order valence-electron chi connectivity index (χ0n) is 24.9. The van der Waals surface area contributed by atoms with Gasteiger partial charge in [0.05, 0.1) is 27.8 Å². The van der Waals surface area contributed by atoms with Crippen LogP contribution in [-0.2, 0) is 15.6 Å². The van der Waals surface area contributed by atoms with E-state index in [1.54, 1.807) is 35.6 Å². The van der Waals surface area contributed by atoms with Gasteiger partial charge in [-0.25, -0.2) is 19.3 Å². The summed E-state index contributed by atoms with van der Waals surface area (Å²) in [5, 5.41) is 10.8. The van der Waals surface area contributed by atoms with Crippen LogP contribution in [0.15, 0.2) is 94.2 Å². The lowest BCUT2D eigenvalue weighted by Crippen LogP contribution is -2.83. The molecule has 14 heteroatoms. The van der Waals surface area contributed by atoms with Crippen molar-refractivity contribution >= 4 is 70.6 Å². The van der Waals surface area contributed by atoms with Gasteiger partial charge in [0.15, 0.2) is 5.69 Å². The van der Waals surface area contributed by atoms with Gasteiger partial charge >= 0.3 is 0 Å². The number of benzene rings is 3. The molecule has 6 rings (SSSR count). The molecule has 1 fully saturated rings. The van der Waals surface area contributed by atoms with Crippen molar-refractivity contribution < 1.29 is 13.8 Å². The van der Waals surface area contributed by atoms with Crippen LogP contribution in [0.4, 0.5) is 37.9 Å². The molecule has 232 valence electrons. The maximum Gasteiger partial charge on any atom is 0.261 e. The van der Waals surface area contributed by atoms with Crippen molar-refractivity contribution in [2.45, 2.75) is 37.6 Å². The molecule has 1 aliphatic rings. The van der Waals surface area contributed by atoms with Gasteiger partial charge in [-0.05, 0) is 80.3 Å². The fraction of sp³-hybridized carbons (Fsp3) is 0.226. The Balaban J connectivity index is 1.01. The van der Waals surface area contributed by atoms with Crippen molar-refractivity contribution in [1.29, 1.82) is 0 Å². The van der Waals surface area contributed by atoms with Gasteiger partial charge < -0.3 is 10.3 Å². The number of nitrogens with zero attached hydrogens (tertiary/aromatic N) is 5. The third-order valence-electron chi connectivity index (χ3n) is 7.32. The molecule has 2 aromatic heterocycles. The van der Waals surface area contributed by atoms with E-state index in [1.807, 2.05) is 42.7 Å². The monoisotopic (exact) mass is 660 g/mol. The Kier molecular flexibility index (Phi) is 9.35. The molecule has 5 N–H and O–H groups in total. The Morgan fingerprint density at radius 2 is 1.67 bits per heavy atom. The van der Waals surface area contributed by atoms with Gasteiger partial charge in [-0.3, -0.25) is 5.43 Å². The molecule has 0 radical (unpaired) electrons. The standard InChI is InChI=1S/C31H33N9O2S3/c1-21-19-25(34-37-28-14-15-29(43-28)40-16-6-7-17-40)11-12-26(21)35-33-24-10-13-27(22(2)18-24)36-38-30-32-31(39-44-30)45(41,42)20-23-8-4-3-5-9-23/h3-5,8-15,18-19,33-35,37H,6-7,16-17,20H2,1-2H3/p+1. The van der Waals surface area contributed by atoms with Crippen molar-refractivity contribution in [2.24, 2.45) is 10.2 Å². The summed E-state index contributed by atoms with van der Waals surface area (Å²) in [5.41, 5.74) is 18.3. The summed E-state index contributed by atoms with van der Waals surface area (Å²) in [6, 6.07) is 25.2. The summed E-state index contributed by atoms with van der Waals surface area (Å²) in [6.07, 6.45) is 2.54. The highest BCUT2D eigenvalue weighted by Crippen LogP contribution is 2.32. The topological polar surface area (TPSA) is 141 Å². The molecule has 0 amide bonds. The molecule has 0 spiro atoms. The first-order valence-electron chi connectivity index (χ1n) is 14.5. The summed E-state index contributed by atoms with van der Waals surface area (Å²) >= 11 is 2.67. The lowest BCUT2D eigenvalue weighted by Gasteiger charge is -2.14. The number of nitrogen functional groups attached to an aromatic ring is 1. The molecular formula is C31H34N9O2S3+. The maximum atomic E-state index is 12.7. The normalized spacial score (nSPS) is 13.4. The van der Waals surface area contributed by atoms with E-state index < -0.39 is 9.84 Å². The number of hydrogen-bond donors (Lipinski definition) is 4. The minimum Gasteiger partial charge on any atom is -0.363 e. The van der Waals surface area contributed by atoms with Gasteiger partial charge in [-0.2, -0.15) is 9.36 Å². The number of hydrogen-bond acceptors (Lipinski definition) is 12. The van der Waals surface area contributed by atoms with Crippen molar-refractivity contribution in [2.75, 3.05) is 34.3 Å². The summed E-state index contributed by atoms with van der Waals surface area (Å²) in [7, 11) is -3.67. The van der Waals surface area contributed by atoms with Crippen LogP contribution < -0.4 is 26.6 Å². The van der Waals surface area contributed by atoms with Gasteiger partial charge in [-0.15, -0.1) is 10.2 Å². The van der Waals surface area contributed by atoms with Crippen LogP contribution in [0.1, 0.15) is 29.5 Å². The zero-order valence-corrected chi connectivity index (χ0v) is 27.3. The van der Waals surface area contributed by atoms with Crippen LogP contribution in [0.3, 0.4) is 0 Å². The Labute approximate surface area is 270 Å². The Morgan fingerprint density at radius 1 is 0.889 bits per heavy atom. The third kappa shape index (κ3) is 7.84. The molecule has 0 bridgehead atoms. The first-order valence-corrected chi connectivity index (χ1v) is 17.8. The SMILES string of the molecule is Cc1cc(N[NH2+]c2ccc(NNc3ccc(N4CCCC4)s3)cc2C)ccc1N=Nc1nc(S(=O)(=O)Cc2ccccc2)ns1. The number of aromatic nitrogens is 2. The number of thiophene rings is 1. The minimum atomic E-state index is -3.67. The van der Waals surface area contributed by atoms with Crippen molar-refractivity contribution in [3.8, 4) is 0 Å². The number of aryl methyl sites for hydroxylation is 2. The second kappa shape index (κ2) is 13.7. The average molecular weight is 661 g/mol. The predicted molar refractivity (Wildman–Crippen MR) is 182 cm³/mol. The Morgan fingerprint density at radius 3 is 2.44 bits per heavy atom. The molecular weight excluding hydrogens is 627 g/mol. The quantitative estimate of drug-likeness (QED) is 0.0492. The largest absolute Gasteiger partial charge is 0.363 e. The number of anilines is 4. The second-order valence-electron chi connectivity index (χ2n) is 10.7. The number of quaternary nitrogens is 1. The molecule has 5 aromatic rings. The summed E-state index contributed by atoms with van der Waals surface area (Å²) in [6.45, 7) is 6.31. The van der Waals surface area contributed by atoms with E-state index in [0.717, 1.165) is 57.8 Å². The van der Waals surface area contributed by atoms with Crippen LogP contribution in [-0.4, -0.2) is 30.9 Å². The van der Waals surface area contributed by atoms with Crippen LogP contribution >= 0.6 is 22.9 Å². The first kappa shape index (κ1) is 30.6. The van der Waals surface area contributed by atoms with E-state index >= 15 is 0 Å². The summed E-state index contributed by atoms with van der Waals surface area (Å²) in [4.78, 5) is 6.53.